The molecule has 0 fully saturated rings. The number of carbonyl (C=O) groups is 1. The van der Waals surface area contributed by atoms with Gasteiger partial charge in [-0.15, -0.1) is 0 Å². The third kappa shape index (κ3) is 5.87. The van der Waals surface area contributed by atoms with Crippen LogP contribution in [0.15, 0.2) is 12.4 Å². The Morgan fingerprint density at radius 2 is 2.26 bits per heavy atom. The number of H-pyrrole nitrogens is 1. The van der Waals surface area contributed by atoms with Crippen molar-refractivity contribution >= 4 is 5.91 Å². The number of imidazole rings is 1. The first-order valence-electron chi connectivity index (χ1n) is 7.09. The fourth-order valence-corrected chi connectivity index (χ4v) is 2.29. The average Bonchev–Trinajstić information content (AvgIpc) is 2.89. The normalized spacial score (nSPS) is 12.4. The van der Waals surface area contributed by atoms with E-state index in [4.69, 9.17) is 5.73 Å². The zero-order valence-corrected chi connectivity index (χ0v) is 12.1. The predicted octanol–water partition coefficient (Wildman–Crippen LogP) is 1.91. The van der Waals surface area contributed by atoms with Gasteiger partial charge in [-0.3, -0.25) is 4.79 Å². The van der Waals surface area contributed by atoms with Crippen molar-refractivity contribution in [3.05, 3.63) is 18.2 Å². The third-order valence-corrected chi connectivity index (χ3v) is 3.41. The molecule has 1 heterocycles. The first-order valence-corrected chi connectivity index (χ1v) is 7.09. The molecule has 1 aromatic rings. The SMILES string of the molecule is CCCC(CCN)CCC(=O)N(C)Cc1ncc[nH]1. The van der Waals surface area contributed by atoms with E-state index >= 15 is 0 Å². The molecule has 1 unspecified atom stereocenters. The first-order chi connectivity index (χ1) is 9.17. The number of hydrogen-bond acceptors (Lipinski definition) is 3. The lowest BCUT2D eigenvalue weighted by Crippen LogP contribution is -2.27. The molecule has 0 saturated carbocycles. The summed E-state index contributed by atoms with van der Waals surface area (Å²) in [5.41, 5.74) is 5.61. The van der Waals surface area contributed by atoms with Crippen molar-refractivity contribution < 1.29 is 4.79 Å². The number of aromatic amines is 1. The van der Waals surface area contributed by atoms with Gasteiger partial charge in [0.25, 0.3) is 0 Å². The van der Waals surface area contributed by atoms with Gasteiger partial charge < -0.3 is 15.6 Å². The smallest absolute Gasteiger partial charge is 0.222 e. The molecule has 19 heavy (non-hydrogen) atoms. The minimum absolute atomic E-state index is 0.175. The second-order valence-electron chi connectivity index (χ2n) is 5.06. The van der Waals surface area contributed by atoms with Crippen molar-refractivity contribution in [1.29, 1.82) is 0 Å². The maximum absolute atomic E-state index is 12.0. The highest BCUT2D eigenvalue weighted by Crippen LogP contribution is 2.17. The molecule has 1 rings (SSSR count). The second-order valence-corrected chi connectivity index (χ2v) is 5.06. The lowest BCUT2D eigenvalue weighted by atomic mass is 9.94. The van der Waals surface area contributed by atoms with E-state index in [9.17, 15) is 4.79 Å². The van der Waals surface area contributed by atoms with Crippen molar-refractivity contribution in [1.82, 2.24) is 14.9 Å². The third-order valence-electron chi connectivity index (χ3n) is 3.41. The molecule has 0 saturated heterocycles. The van der Waals surface area contributed by atoms with Crippen molar-refractivity contribution in [2.45, 2.75) is 45.6 Å². The van der Waals surface area contributed by atoms with Crippen LogP contribution >= 0.6 is 0 Å². The quantitative estimate of drug-likeness (QED) is 0.717. The van der Waals surface area contributed by atoms with Crippen LogP contribution < -0.4 is 5.73 Å². The van der Waals surface area contributed by atoms with Crippen LogP contribution in [-0.4, -0.2) is 34.4 Å². The van der Waals surface area contributed by atoms with Crippen LogP contribution in [0, 0.1) is 5.92 Å². The molecule has 5 heteroatoms. The van der Waals surface area contributed by atoms with Crippen LogP contribution in [0.25, 0.3) is 0 Å². The molecular weight excluding hydrogens is 240 g/mol. The van der Waals surface area contributed by atoms with E-state index in [1.165, 1.54) is 0 Å². The molecule has 0 radical (unpaired) electrons. The summed E-state index contributed by atoms with van der Waals surface area (Å²) in [6, 6.07) is 0. The predicted molar refractivity (Wildman–Crippen MR) is 76.4 cm³/mol. The first kappa shape index (κ1) is 15.7. The summed E-state index contributed by atoms with van der Waals surface area (Å²) in [5.74, 6) is 1.58. The number of amides is 1. The van der Waals surface area contributed by atoms with Crippen molar-refractivity contribution in [3.63, 3.8) is 0 Å². The largest absolute Gasteiger partial charge is 0.347 e. The summed E-state index contributed by atoms with van der Waals surface area (Å²) in [6.07, 6.45) is 8.34. The van der Waals surface area contributed by atoms with Gasteiger partial charge in [-0.25, -0.2) is 4.98 Å². The molecule has 0 spiro atoms. The van der Waals surface area contributed by atoms with Gasteiger partial charge >= 0.3 is 0 Å². The molecule has 0 bridgehead atoms. The number of nitrogens with one attached hydrogen (secondary N) is 1. The molecule has 0 aromatic carbocycles. The summed E-state index contributed by atoms with van der Waals surface area (Å²) >= 11 is 0. The van der Waals surface area contributed by atoms with Gasteiger partial charge in [-0.05, 0) is 25.3 Å². The Hall–Kier alpha value is -1.36. The topological polar surface area (TPSA) is 75.0 Å². The van der Waals surface area contributed by atoms with E-state index in [2.05, 4.69) is 16.9 Å². The lowest BCUT2D eigenvalue weighted by molar-refractivity contribution is -0.130. The van der Waals surface area contributed by atoms with Crippen LogP contribution in [0.2, 0.25) is 0 Å². The highest BCUT2D eigenvalue weighted by Gasteiger charge is 2.14. The maximum Gasteiger partial charge on any atom is 0.222 e. The van der Waals surface area contributed by atoms with Crippen molar-refractivity contribution in [3.8, 4) is 0 Å². The number of carbonyl (C=O) groups excluding carboxylic acids is 1. The Bertz CT molecular complexity index is 344. The zero-order chi connectivity index (χ0) is 14.1. The van der Waals surface area contributed by atoms with Crippen LogP contribution in [-0.2, 0) is 11.3 Å². The molecule has 0 aliphatic carbocycles. The molecule has 0 aliphatic rings. The molecule has 5 nitrogen and oxygen atoms in total. The molecule has 1 atom stereocenters. The number of hydrogen-bond donors (Lipinski definition) is 2. The summed E-state index contributed by atoms with van der Waals surface area (Å²) in [5, 5.41) is 0. The van der Waals surface area contributed by atoms with E-state index in [1.807, 2.05) is 7.05 Å². The molecule has 3 N–H and O–H groups in total. The summed E-state index contributed by atoms with van der Waals surface area (Å²) in [6.45, 7) is 3.43. The van der Waals surface area contributed by atoms with E-state index in [-0.39, 0.29) is 5.91 Å². The van der Waals surface area contributed by atoms with Gasteiger partial charge in [-0.1, -0.05) is 19.8 Å². The lowest BCUT2D eigenvalue weighted by Gasteiger charge is -2.19. The minimum Gasteiger partial charge on any atom is -0.347 e. The Labute approximate surface area is 115 Å². The van der Waals surface area contributed by atoms with Gasteiger partial charge in [0.15, 0.2) is 0 Å². The van der Waals surface area contributed by atoms with Gasteiger partial charge in [0, 0.05) is 25.9 Å². The highest BCUT2D eigenvalue weighted by molar-refractivity contribution is 5.75. The Balaban J connectivity index is 2.32. The summed E-state index contributed by atoms with van der Waals surface area (Å²) in [4.78, 5) is 20.9. The monoisotopic (exact) mass is 266 g/mol. The Morgan fingerprint density at radius 1 is 1.47 bits per heavy atom. The second kappa shape index (κ2) is 8.69. The standard InChI is InChI=1S/C14H26N4O/c1-3-4-12(7-8-15)5-6-14(19)18(2)11-13-16-9-10-17-13/h9-10,12H,3-8,11,15H2,1-2H3,(H,16,17). The van der Waals surface area contributed by atoms with Crippen LogP contribution in [0.5, 0.6) is 0 Å². The number of rotatable bonds is 9. The molecule has 1 aromatic heterocycles. The maximum atomic E-state index is 12.0. The van der Waals surface area contributed by atoms with Gasteiger partial charge in [0.1, 0.15) is 5.82 Å². The van der Waals surface area contributed by atoms with Crippen LogP contribution in [0.4, 0.5) is 0 Å². The molecule has 1 amide bonds. The minimum atomic E-state index is 0.175. The fraction of sp³-hybridized carbons (Fsp3) is 0.714. The van der Waals surface area contributed by atoms with E-state index in [1.54, 1.807) is 17.3 Å². The number of nitrogens with two attached hydrogens (primary N) is 1. The Kier molecular flexibility index (Phi) is 7.18. The number of aromatic nitrogens is 2. The van der Waals surface area contributed by atoms with E-state index in [0.717, 1.165) is 31.5 Å². The molecule has 108 valence electrons. The van der Waals surface area contributed by atoms with Crippen LogP contribution in [0.1, 0.15) is 44.9 Å². The van der Waals surface area contributed by atoms with Gasteiger partial charge in [-0.2, -0.15) is 0 Å². The van der Waals surface area contributed by atoms with Crippen LogP contribution in [0.3, 0.4) is 0 Å². The van der Waals surface area contributed by atoms with Crippen molar-refractivity contribution in [2.24, 2.45) is 11.7 Å². The number of nitrogens with zero attached hydrogens (tertiary/aromatic N) is 2. The zero-order valence-electron chi connectivity index (χ0n) is 12.1. The summed E-state index contributed by atoms with van der Waals surface area (Å²) in [7, 11) is 1.82. The molecule has 0 aliphatic heterocycles. The highest BCUT2D eigenvalue weighted by atomic mass is 16.2. The average molecular weight is 266 g/mol. The molecular formula is C14H26N4O. The van der Waals surface area contributed by atoms with Gasteiger partial charge in [0.2, 0.25) is 5.91 Å². The van der Waals surface area contributed by atoms with Gasteiger partial charge in [0.05, 0.1) is 6.54 Å². The fourth-order valence-electron chi connectivity index (χ4n) is 2.29. The Morgan fingerprint density at radius 3 is 2.84 bits per heavy atom. The van der Waals surface area contributed by atoms with E-state index in [0.29, 0.717) is 25.4 Å². The van der Waals surface area contributed by atoms with E-state index < -0.39 is 0 Å². The summed E-state index contributed by atoms with van der Waals surface area (Å²) < 4.78 is 0. The van der Waals surface area contributed by atoms with Crippen molar-refractivity contribution in [2.75, 3.05) is 13.6 Å².